The molecule has 4 heteroatoms. The second-order valence-electron chi connectivity index (χ2n) is 3.95. The van der Waals surface area contributed by atoms with Crippen LogP contribution in [0.25, 0.3) is 0 Å². The Hall–Kier alpha value is -1.97. The van der Waals surface area contributed by atoms with Gasteiger partial charge in [-0.1, -0.05) is 6.58 Å². The van der Waals surface area contributed by atoms with Gasteiger partial charge in [0.2, 0.25) is 0 Å². The summed E-state index contributed by atoms with van der Waals surface area (Å²) in [4.78, 5) is 10.8. The molecule has 0 atom stereocenters. The van der Waals surface area contributed by atoms with Crippen molar-refractivity contribution < 1.29 is 14.3 Å². The molecule has 0 bridgehead atoms. The van der Waals surface area contributed by atoms with Crippen LogP contribution < -0.4 is 10.5 Å². The van der Waals surface area contributed by atoms with Gasteiger partial charge in [-0.25, -0.2) is 4.79 Å². The van der Waals surface area contributed by atoms with Gasteiger partial charge in [0.25, 0.3) is 0 Å². The maximum atomic E-state index is 10.8. The molecule has 2 N–H and O–H groups in total. The monoisotopic (exact) mass is 249 g/mol. The van der Waals surface area contributed by atoms with Crippen LogP contribution >= 0.6 is 0 Å². The predicted octanol–water partition coefficient (Wildman–Crippen LogP) is 2.47. The van der Waals surface area contributed by atoms with E-state index < -0.39 is 0 Å². The summed E-state index contributed by atoms with van der Waals surface area (Å²) in [7, 11) is 0. The van der Waals surface area contributed by atoms with Crippen LogP contribution in [0.2, 0.25) is 0 Å². The summed E-state index contributed by atoms with van der Waals surface area (Å²) in [6.07, 6.45) is 2.76. The fourth-order valence-electron chi connectivity index (χ4n) is 1.36. The molecule has 0 saturated carbocycles. The average Bonchev–Trinajstić information content (AvgIpc) is 2.37. The first-order chi connectivity index (χ1) is 8.63. The number of benzene rings is 1. The largest absolute Gasteiger partial charge is 0.494 e. The number of carbonyl (C=O) groups excluding carboxylic acids is 1. The summed E-state index contributed by atoms with van der Waals surface area (Å²) >= 11 is 0. The molecule has 0 fully saturated rings. The highest BCUT2D eigenvalue weighted by atomic mass is 16.5. The molecule has 0 heterocycles. The van der Waals surface area contributed by atoms with E-state index >= 15 is 0 Å². The SMILES string of the molecule is C=CC(=O)OCCCCOc1ccc(N)c(C)c1. The maximum absolute atomic E-state index is 10.8. The van der Waals surface area contributed by atoms with E-state index in [1.54, 1.807) is 0 Å². The number of nitrogens with two attached hydrogens (primary N) is 1. The summed E-state index contributed by atoms with van der Waals surface area (Å²) in [6.45, 7) is 6.25. The summed E-state index contributed by atoms with van der Waals surface area (Å²) in [5.74, 6) is 0.426. The van der Waals surface area contributed by atoms with Crippen molar-refractivity contribution in [3.63, 3.8) is 0 Å². The third kappa shape index (κ3) is 4.91. The van der Waals surface area contributed by atoms with E-state index in [0.29, 0.717) is 13.2 Å². The molecule has 18 heavy (non-hydrogen) atoms. The van der Waals surface area contributed by atoms with Gasteiger partial charge in [0.1, 0.15) is 5.75 Å². The molecule has 0 aromatic heterocycles. The van der Waals surface area contributed by atoms with Gasteiger partial charge in [0, 0.05) is 11.8 Å². The zero-order valence-corrected chi connectivity index (χ0v) is 10.6. The third-order valence-electron chi connectivity index (χ3n) is 2.46. The Morgan fingerprint density at radius 1 is 1.39 bits per heavy atom. The van der Waals surface area contributed by atoms with Gasteiger partial charge >= 0.3 is 5.97 Å². The average molecular weight is 249 g/mol. The van der Waals surface area contributed by atoms with Gasteiger partial charge in [-0.2, -0.15) is 0 Å². The molecule has 0 unspecified atom stereocenters. The van der Waals surface area contributed by atoms with Crippen molar-refractivity contribution in [2.75, 3.05) is 18.9 Å². The molecule has 1 rings (SSSR count). The lowest BCUT2D eigenvalue weighted by Gasteiger charge is -2.08. The lowest BCUT2D eigenvalue weighted by molar-refractivity contribution is -0.137. The highest BCUT2D eigenvalue weighted by molar-refractivity contribution is 5.81. The number of esters is 1. The van der Waals surface area contributed by atoms with Gasteiger partial charge < -0.3 is 15.2 Å². The minimum atomic E-state index is -0.384. The maximum Gasteiger partial charge on any atom is 0.330 e. The normalized spacial score (nSPS) is 9.83. The molecule has 1 aromatic carbocycles. The van der Waals surface area contributed by atoms with E-state index in [2.05, 4.69) is 6.58 Å². The van der Waals surface area contributed by atoms with Crippen LogP contribution in [0.4, 0.5) is 5.69 Å². The second-order valence-corrected chi connectivity index (χ2v) is 3.95. The fraction of sp³-hybridized carbons (Fsp3) is 0.357. The molecule has 0 aliphatic rings. The molecule has 98 valence electrons. The van der Waals surface area contributed by atoms with Crippen molar-refractivity contribution in [3.05, 3.63) is 36.4 Å². The number of rotatable bonds is 7. The number of anilines is 1. The molecule has 0 spiro atoms. The zero-order chi connectivity index (χ0) is 13.4. The number of ether oxygens (including phenoxy) is 2. The van der Waals surface area contributed by atoms with Crippen LogP contribution in [0.1, 0.15) is 18.4 Å². The van der Waals surface area contributed by atoms with Crippen LogP contribution in [0.15, 0.2) is 30.9 Å². The predicted molar refractivity (Wildman–Crippen MR) is 71.5 cm³/mol. The van der Waals surface area contributed by atoms with Crippen molar-refractivity contribution in [2.24, 2.45) is 0 Å². The van der Waals surface area contributed by atoms with Crippen molar-refractivity contribution >= 4 is 11.7 Å². The van der Waals surface area contributed by atoms with Crippen molar-refractivity contribution in [1.29, 1.82) is 0 Å². The molecule has 0 amide bonds. The van der Waals surface area contributed by atoms with Crippen molar-refractivity contribution in [2.45, 2.75) is 19.8 Å². The Bertz CT molecular complexity index is 416. The second kappa shape index (κ2) is 7.37. The quantitative estimate of drug-likeness (QED) is 0.349. The number of unbranched alkanes of at least 4 members (excludes halogenated alkanes) is 1. The first-order valence-electron chi connectivity index (χ1n) is 5.91. The van der Waals surface area contributed by atoms with E-state index in [1.165, 1.54) is 0 Å². The van der Waals surface area contributed by atoms with Gasteiger partial charge in [-0.05, 0) is 43.5 Å². The standard InChI is InChI=1S/C14H19NO3/c1-3-14(16)18-9-5-4-8-17-12-6-7-13(15)11(2)10-12/h3,6-7,10H,1,4-5,8-9,15H2,2H3. The minimum Gasteiger partial charge on any atom is -0.494 e. The van der Waals surface area contributed by atoms with E-state index in [0.717, 1.165) is 35.9 Å². The Labute approximate surface area is 107 Å². The summed E-state index contributed by atoms with van der Waals surface area (Å²) < 4.78 is 10.4. The van der Waals surface area contributed by atoms with Crippen LogP contribution in [-0.2, 0) is 9.53 Å². The highest BCUT2D eigenvalue weighted by Crippen LogP contribution is 2.18. The van der Waals surface area contributed by atoms with E-state index in [1.807, 2.05) is 25.1 Å². The summed E-state index contributed by atoms with van der Waals surface area (Å²) in [5, 5.41) is 0. The summed E-state index contributed by atoms with van der Waals surface area (Å²) in [6, 6.07) is 5.59. The number of aryl methyl sites for hydroxylation is 1. The van der Waals surface area contributed by atoms with Crippen LogP contribution in [0.3, 0.4) is 0 Å². The number of hydrogen-bond acceptors (Lipinski definition) is 4. The van der Waals surface area contributed by atoms with Crippen LogP contribution in [0, 0.1) is 6.92 Å². The fourth-order valence-corrected chi connectivity index (χ4v) is 1.36. The van der Waals surface area contributed by atoms with Crippen molar-refractivity contribution in [3.8, 4) is 5.75 Å². The summed E-state index contributed by atoms with van der Waals surface area (Å²) in [5.41, 5.74) is 7.48. The molecule has 1 aromatic rings. The third-order valence-corrected chi connectivity index (χ3v) is 2.46. The van der Waals surface area contributed by atoms with E-state index in [9.17, 15) is 4.79 Å². The van der Waals surface area contributed by atoms with E-state index in [4.69, 9.17) is 15.2 Å². The van der Waals surface area contributed by atoms with Gasteiger partial charge in [-0.3, -0.25) is 0 Å². The Kier molecular flexibility index (Phi) is 5.77. The molecule has 0 aliphatic heterocycles. The lowest BCUT2D eigenvalue weighted by atomic mass is 10.2. The number of carbonyl (C=O) groups is 1. The molecule has 0 radical (unpaired) electrons. The highest BCUT2D eigenvalue weighted by Gasteiger charge is 1.98. The van der Waals surface area contributed by atoms with Gasteiger partial charge in [-0.15, -0.1) is 0 Å². The van der Waals surface area contributed by atoms with Crippen molar-refractivity contribution in [1.82, 2.24) is 0 Å². The molecular formula is C14H19NO3. The Balaban J connectivity index is 2.16. The number of hydrogen-bond donors (Lipinski definition) is 1. The van der Waals surface area contributed by atoms with Gasteiger partial charge in [0.15, 0.2) is 0 Å². The topological polar surface area (TPSA) is 61.5 Å². The molecule has 4 nitrogen and oxygen atoms in total. The first-order valence-corrected chi connectivity index (χ1v) is 5.91. The molecule has 0 aliphatic carbocycles. The lowest BCUT2D eigenvalue weighted by Crippen LogP contribution is -2.04. The van der Waals surface area contributed by atoms with E-state index in [-0.39, 0.29) is 5.97 Å². The van der Waals surface area contributed by atoms with Crippen LogP contribution in [-0.4, -0.2) is 19.2 Å². The number of nitrogen functional groups attached to an aromatic ring is 1. The Morgan fingerprint density at radius 3 is 2.78 bits per heavy atom. The minimum absolute atomic E-state index is 0.384. The van der Waals surface area contributed by atoms with Gasteiger partial charge in [0.05, 0.1) is 13.2 Å². The molecule has 0 saturated heterocycles. The first kappa shape index (κ1) is 14.1. The Morgan fingerprint density at radius 2 is 2.11 bits per heavy atom. The zero-order valence-electron chi connectivity index (χ0n) is 10.6. The molecular weight excluding hydrogens is 230 g/mol. The smallest absolute Gasteiger partial charge is 0.330 e. The van der Waals surface area contributed by atoms with Crippen LogP contribution in [0.5, 0.6) is 5.75 Å².